The molecule has 2 bridgehead atoms. The summed E-state index contributed by atoms with van der Waals surface area (Å²) in [5, 5.41) is 6.15. The molecular formula is C33H35ClN3O5+. The first kappa shape index (κ1) is 28.4. The van der Waals surface area contributed by atoms with Crippen LogP contribution in [0.25, 0.3) is 11.1 Å². The molecule has 42 heavy (non-hydrogen) atoms. The van der Waals surface area contributed by atoms with Gasteiger partial charge in [-0.1, -0.05) is 54.1 Å². The fourth-order valence-corrected chi connectivity index (χ4v) is 6.92. The van der Waals surface area contributed by atoms with Gasteiger partial charge in [0.25, 0.3) is 0 Å². The van der Waals surface area contributed by atoms with E-state index in [1.54, 1.807) is 12.1 Å². The van der Waals surface area contributed by atoms with Crippen LogP contribution in [0.1, 0.15) is 41.6 Å². The zero-order chi connectivity index (χ0) is 29.4. The molecule has 0 radical (unpaired) electrons. The third kappa shape index (κ3) is 5.79. The smallest absolute Gasteiger partial charge is 0.411 e. The van der Waals surface area contributed by atoms with E-state index in [9.17, 15) is 14.4 Å². The SMILES string of the molecule is C[N+]1(C)[C@@H]2C[C@@H](OC(=O)Nc3cc(CCCC(=O)Nc4ccc(C=O)cc4Cl)ccc3-c3ccccc3)C[C@H]1[C@@H]1O[C@@H]12. The molecule has 3 fully saturated rings. The van der Waals surface area contributed by atoms with Crippen molar-refractivity contribution in [2.75, 3.05) is 24.7 Å². The highest BCUT2D eigenvalue weighted by atomic mass is 35.5. The highest BCUT2D eigenvalue weighted by molar-refractivity contribution is 6.34. The van der Waals surface area contributed by atoms with Crippen LogP contribution in [0.15, 0.2) is 66.7 Å². The van der Waals surface area contributed by atoms with Crippen LogP contribution >= 0.6 is 11.6 Å². The predicted molar refractivity (Wildman–Crippen MR) is 162 cm³/mol. The quantitative estimate of drug-likeness (QED) is 0.179. The Morgan fingerprint density at radius 1 is 0.976 bits per heavy atom. The minimum absolute atomic E-state index is 0.132. The lowest BCUT2D eigenvalue weighted by Crippen LogP contribution is -2.60. The fourth-order valence-electron chi connectivity index (χ4n) is 6.68. The summed E-state index contributed by atoms with van der Waals surface area (Å²) in [6.07, 6.45) is 3.87. The van der Waals surface area contributed by atoms with Crippen LogP contribution in [0.4, 0.5) is 16.2 Å². The number of halogens is 1. The number of hydrogen-bond acceptors (Lipinski definition) is 5. The van der Waals surface area contributed by atoms with Gasteiger partial charge in [0.1, 0.15) is 36.7 Å². The third-order valence-electron chi connectivity index (χ3n) is 8.99. The number of morpholine rings is 1. The van der Waals surface area contributed by atoms with Crippen LogP contribution in [0.2, 0.25) is 5.02 Å². The van der Waals surface area contributed by atoms with Crippen molar-refractivity contribution in [1.82, 2.24) is 0 Å². The van der Waals surface area contributed by atoms with Crippen molar-refractivity contribution in [1.29, 1.82) is 0 Å². The number of ether oxygens (including phenoxy) is 2. The molecule has 3 aliphatic heterocycles. The van der Waals surface area contributed by atoms with Crippen LogP contribution in [0.5, 0.6) is 0 Å². The van der Waals surface area contributed by atoms with Gasteiger partial charge in [-0.3, -0.25) is 14.9 Å². The average Bonchev–Trinajstić information content (AvgIpc) is 3.73. The molecule has 2 amide bonds. The minimum atomic E-state index is -0.451. The Morgan fingerprint density at radius 2 is 1.71 bits per heavy atom. The molecule has 0 aliphatic carbocycles. The molecule has 3 aromatic carbocycles. The Morgan fingerprint density at radius 3 is 2.40 bits per heavy atom. The first-order valence-corrected chi connectivity index (χ1v) is 14.8. The van der Waals surface area contributed by atoms with Gasteiger partial charge in [-0.15, -0.1) is 0 Å². The average molecular weight is 589 g/mol. The predicted octanol–water partition coefficient (Wildman–Crippen LogP) is 6.09. The lowest BCUT2D eigenvalue weighted by molar-refractivity contribution is -0.938. The number of benzene rings is 3. The van der Waals surface area contributed by atoms with Gasteiger partial charge in [0.2, 0.25) is 5.91 Å². The highest BCUT2D eigenvalue weighted by Crippen LogP contribution is 2.51. The van der Waals surface area contributed by atoms with Crippen molar-refractivity contribution in [3.63, 3.8) is 0 Å². The summed E-state index contributed by atoms with van der Waals surface area (Å²) in [6, 6.07) is 21.4. The maximum absolute atomic E-state index is 13.2. The fraction of sp³-hybridized carbons (Fsp3) is 0.364. The molecule has 3 aromatic rings. The van der Waals surface area contributed by atoms with Crippen molar-refractivity contribution in [3.8, 4) is 11.1 Å². The summed E-state index contributed by atoms with van der Waals surface area (Å²) in [4.78, 5) is 36.6. The number of anilines is 2. The number of piperidine rings is 1. The maximum atomic E-state index is 13.2. The van der Waals surface area contributed by atoms with Gasteiger partial charge in [0.15, 0.2) is 0 Å². The van der Waals surface area contributed by atoms with Gasteiger partial charge >= 0.3 is 6.09 Å². The van der Waals surface area contributed by atoms with E-state index in [4.69, 9.17) is 21.1 Å². The second kappa shape index (κ2) is 11.5. The van der Waals surface area contributed by atoms with Gasteiger partial charge in [0.05, 0.1) is 30.5 Å². The van der Waals surface area contributed by atoms with Gasteiger partial charge in [0, 0.05) is 30.4 Å². The van der Waals surface area contributed by atoms with E-state index >= 15 is 0 Å². The molecular weight excluding hydrogens is 554 g/mol. The maximum Gasteiger partial charge on any atom is 0.411 e. The molecule has 2 N–H and O–H groups in total. The van der Waals surface area contributed by atoms with E-state index in [0.717, 1.165) is 34.0 Å². The zero-order valence-electron chi connectivity index (χ0n) is 23.7. The van der Waals surface area contributed by atoms with Gasteiger partial charge in [-0.05, 0) is 48.2 Å². The van der Waals surface area contributed by atoms with Crippen LogP contribution < -0.4 is 10.6 Å². The number of aldehydes is 1. The van der Waals surface area contributed by atoms with Crippen molar-refractivity contribution in [2.24, 2.45) is 0 Å². The number of rotatable bonds is 9. The molecule has 0 spiro atoms. The third-order valence-corrected chi connectivity index (χ3v) is 9.30. The Balaban J connectivity index is 1.09. The number of amides is 2. The van der Waals surface area contributed by atoms with E-state index in [1.807, 2.05) is 48.5 Å². The van der Waals surface area contributed by atoms with E-state index in [2.05, 4.69) is 24.7 Å². The van der Waals surface area contributed by atoms with Gasteiger partial charge in [-0.2, -0.15) is 0 Å². The number of nitrogens with one attached hydrogen (secondary N) is 2. The zero-order valence-corrected chi connectivity index (χ0v) is 24.5. The summed E-state index contributed by atoms with van der Waals surface area (Å²) in [5.41, 5.74) is 4.49. The number of carbonyl (C=O) groups is 3. The van der Waals surface area contributed by atoms with Crippen molar-refractivity contribution < 1.29 is 28.3 Å². The van der Waals surface area contributed by atoms with E-state index in [1.165, 1.54) is 6.07 Å². The minimum Gasteiger partial charge on any atom is -0.445 e. The number of hydrogen-bond donors (Lipinski definition) is 2. The normalized spacial score (nSPS) is 24.8. The summed E-state index contributed by atoms with van der Waals surface area (Å²) in [6.45, 7) is 0. The van der Waals surface area contributed by atoms with E-state index in [-0.39, 0.29) is 12.0 Å². The summed E-state index contributed by atoms with van der Waals surface area (Å²) < 4.78 is 12.8. The van der Waals surface area contributed by atoms with Crippen LogP contribution in [0.3, 0.4) is 0 Å². The Labute approximate surface area is 250 Å². The molecule has 218 valence electrons. The molecule has 6 rings (SSSR count). The van der Waals surface area contributed by atoms with Crippen molar-refractivity contribution in [2.45, 2.75) is 62.5 Å². The molecule has 0 unspecified atom stereocenters. The van der Waals surface area contributed by atoms with E-state index in [0.29, 0.717) is 71.8 Å². The molecule has 3 saturated heterocycles. The molecule has 0 saturated carbocycles. The lowest BCUT2D eigenvalue weighted by Gasteiger charge is -2.45. The molecule has 3 heterocycles. The number of quaternary nitrogens is 1. The number of nitrogens with zero attached hydrogens (tertiary/aromatic N) is 1. The standard InChI is InChI=1S/C33H34ClN3O5/c1-37(2)28-17-23(18-29(37)32-31(28)42-32)41-33(40)36-27-16-20(11-13-24(27)22-8-4-3-5-9-22)7-6-10-30(39)35-26-14-12-21(19-38)15-25(26)34/h3-5,8-9,11-16,19,23,28-29,31-32H,6-7,10,17-18H2,1-2H3,(H-,35,36,38,39,40)/p+1/t23-,28-,29+,31-,32+. The van der Waals surface area contributed by atoms with Gasteiger partial charge < -0.3 is 19.3 Å². The number of epoxide rings is 1. The number of fused-ring (bicyclic) bond motifs is 5. The Bertz CT molecular complexity index is 1490. The van der Waals surface area contributed by atoms with Crippen LogP contribution in [0, 0.1) is 0 Å². The second-order valence-electron chi connectivity index (χ2n) is 12.0. The first-order valence-electron chi connectivity index (χ1n) is 14.4. The number of carbonyl (C=O) groups excluding carboxylic acids is 3. The lowest BCUT2D eigenvalue weighted by atomic mass is 9.96. The Kier molecular flexibility index (Phi) is 7.79. The Hall–Kier alpha value is -3.72. The van der Waals surface area contributed by atoms with Gasteiger partial charge in [-0.25, -0.2) is 4.79 Å². The first-order chi connectivity index (χ1) is 20.2. The molecule has 8 nitrogen and oxygen atoms in total. The van der Waals surface area contributed by atoms with Crippen LogP contribution in [-0.4, -0.2) is 67.3 Å². The van der Waals surface area contributed by atoms with Crippen molar-refractivity contribution in [3.05, 3.63) is 82.9 Å². The number of likely N-dealkylation sites (N-methyl/N-ethyl adjacent to an activating group) is 1. The van der Waals surface area contributed by atoms with Crippen LogP contribution in [-0.2, 0) is 20.7 Å². The van der Waals surface area contributed by atoms with Crippen molar-refractivity contribution >= 4 is 41.3 Å². The number of aryl methyl sites for hydroxylation is 1. The highest BCUT2D eigenvalue weighted by Gasteiger charge is 2.70. The molecule has 0 aromatic heterocycles. The summed E-state index contributed by atoms with van der Waals surface area (Å²) >= 11 is 6.18. The summed E-state index contributed by atoms with van der Waals surface area (Å²) in [5.74, 6) is -0.162. The molecule has 3 aliphatic rings. The summed E-state index contributed by atoms with van der Waals surface area (Å²) in [7, 11) is 4.51. The molecule has 9 heteroatoms. The molecule has 5 atom stereocenters. The van der Waals surface area contributed by atoms with E-state index < -0.39 is 6.09 Å². The largest absolute Gasteiger partial charge is 0.445 e. The monoisotopic (exact) mass is 588 g/mol. The topological polar surface area (TPSA) is 97.0 Å². The second-order valence-corrected chi connectivity index (χ2v) is 12.4.